The van der Waals surface area contributed by atoms with Crippen LogP contribution in [0.25, 0.3) is 0 Å². The van der Waals surface area contributed by atoms with Crippen molar-refractivity contribution in [2.45, 2.75) is 463 Å². The Bertz CT molecular complexity index is 1390. The van der Waals surface area contributed by atoms with Gasteiger partial charge in [-0.05, 0) is 51.4 Å². The summed E-state index contributed by atoms with van der Waals surface area (Å²) in [6.45, 7) is 4.20. The third-order valence-electron chi connectivity index (χ3n) is 18.7. The molecule has 87 heavy (non-hydrogen) atoms. The van der Waals surface area contributed by atoms with Crippen LogP contribution < -0.4 is 0 Å². The van der Waals surface area contributed by atoms with Crippen molar-refractivity contribution in [1.29, 1.82) is 0 Å². The molecule has 0 amide bonds. The molecule has 0 heterocycles. The number of hydrogen-bond acceptors (Lipinski definition) is 5. The number of hydrogen-bond donors (Lipinski definition) is 1. The number of unbranched alkanes of at least 4 members (excludes halogenated alkanes) is 62. The lowest BCUT2D eigenvalue weighted by molar-refractivity contribution is -0.161. The Labute approximate surface area is 546 Å². The van der Waals surface area contributed by atoms with Crippen molar-refractivity contribution in [1.82, 2.24) is 0 Å². The minimum atomic E-state index is -0.771. The Morgan fingerprint density at radius 2 is 0.460 bits per heavy atom. The van der Waals surface area contributed by atoms with Gasteiger partial charge in [0.1, 0.15) is 6.61 Å². The number of ether oxygens (including phenoxy) is 2. The Kier molecular flexibility index (Phi) is 76.7. The highest BCUT2D eigenvalue weighted by Gasteiger charge is 2.16. The van der Waals surface area contributed by atoms with Crippen LogP contribution in [0.15, 0.2) is 36.5 Å². The number of carbonyl (C=O) groups is 2. The molecule has 5 nitrogen and oxygen atoms in total. The Morgan fingerprint density at radius 3 is 0.690 bits per heavy atom. The number of carbonyl (C=O) groups excluding carboxylic acids is 2. The van der Waals surface area contributed by atoms with E-state index < -0.39 is 6.10 Å². The maximum atomic E-state index is 12.4. The van der Waals surface area contributed by atoms with E-state index in [4.69, 9.17) is 9.47 Å². The third kappa shape index (κ3) is 76.5. The molecule has 0 aromatic rings. The van der Waals surface area contributed by atoms with Crippen LogP contribution in [0.4, 0.5) is 0 Å². The Morgan fingerprint density at radius 1 is 0.264 bits per heavy atom. The number of allylic oxidation sites excluding steroid dienone is 6. The Hall–Kier alpha value is -1.88. The third-order valence-corrected chi connectivity index (χ3v) is 18.7. The fourth-order valence-electron chi connectivity index (χ4n) is 12.7. The molecule has 5 heteroatoms. The number of rotatable bonds is 76. The summed E-state index contributed by atoms with van der Waals surface area (Å²) in [5.74, 6) is -0.563. The Balaban J connectivity index is 3.35. The molecular weight excluding hydrogens is 1060 g/mol. The van der Waals surface area contributed by atoms with E-state index in [1.165, 1.54) is 385 Å². The molecule has 0 rings (SSSR count). The van der Waals surface area contributed by atoms with Gasteiger partial charge in [-0.3, -0.25) is 9.59 Å². The van der Waals surface area contributed by atoms with E-state index in [2.05, 4.69) is 50.3 Å². The summed E-state index contributed by atoms with van der Waals surface area (Å²) in [4.78, 5) is 24.7. The first kappa shape index (κ1) is 85.1. The van der Waals surface area contributed by atoms with Gasteiger partial charge in [-0.2, -0.15) is 0 Å². The standard InChI is InChI=1S/C82H156O5/c1-3-5-7-9-11-13-15-17-19-21-23-25-27-29-31-33-35-37-38-39-40-41-42-43-45-46-48-50-52-54-56-58-60-62-64-66-68-70-72-74-76-81(84)86-79-80(78-83)87-82(85)77-75-73-71-69-67-65-63-61-59-57-55-53-51-49-47-44-36-34-32-30-28-26-24-22-20-18-16-14-12-10-8-6-4-2/h16,18,22,24,28,30,80,83H,3-15,17,19-21,23,25-27,29,31-79H2,1-2H3/b18-16-,24-22-,30-28-. The van der Waals surface area contributed by atoms with Crippen LogP contribution >= 0.6 is 0 Å². The van der Waals surface area contributed by atoms with Gasteiger partial charge in [0.2, 0.25) is 0 Å². The van der Waals surface area contributed by atoms with Gasteiger partial charge in [0, 0.05) is 12.8 Å². The van der Waals surface area contributed by atoms with Crippen molar-refractivity contribution in [3.05, 3.63) is 36.5 Å². The molecule has 0 aliphatic carbocycles. The highest BCUT2D eigenvalue weighted by Crippen LogP contribution is 2.20. The van der Waals surface area contributed by atoms with Crippen molar-refractivity contribution in [3.8, 4) is 0 Å². The molecule has 1 unspecified atom stereocenters. The maximum Gasteiger partial charge on any atom is 0.306 e. The first-order valence-electron chi connectivity index (χ1n) is 40.0. The maximum absolute atomic E-state index is 12.4. The van der Waals surface area contributed by atoms with Crippen LogP contribution in [0.3, 0.4) is 0 Å². The summed E-state index contributed by atoms with van der Waals surface area (Å²) in [5.41, 5.74) is 0. The highest BCUT2D eigenvalue weighted by atomic mass is 16.6. The smallest absolute Gasteiger partial charge is 0.306 e. The predicted molar refractivity (Wildman–Crippen MR) is 385 cm³/mol. The zero-order valence-corrected chi connectivity index (χ0v) is 59.3. The average Bonchev–Trinajstić information content (AvgIpc) is 3.53. The van der Waals surface area contributed by atoms with Crippen LogP contribution in [0.2, 0.25) is 0 Å². The summed E-state index contributed by atoms with van der Waals surface area (Å²) < 4.78 is 10.8. The van der Waals surface area contributed by atoms with Gasteiger partial charge in [-0.15, -0.1) is 0 Å². The molecule has 0 spiro atoms. The lowest BCUT2D eigenvalue weighted by Crippen LogP contribution is -2.28. The quantitative estimate of drug-likeness (QED) is 0.0373. The molecule has 1 N–H and O–H groups in total. The molecule has 0 bridgehead atoms. The minimum absolute atomic E-state index is 0.0588. The lowest BCUT2D eigenvalue weighted by atomic mass is 10.0. The molecule has 0 aromatic carbocycles. The molecule has 514 valence electrons. The van der Waals surface area contributed by atoms with E-state index in [0.717, 1.165) is 44.9 Å². The second-order valence-electron chi connectivity index (χ2n) is 27.5. The summed E-state index contributed by atoms with van der Waals surface area (Å²) in [5, 5.41) is 9.73. The minimum Gasteiger partial charge on any atom is -0.462 e. The highest BCUT2D eigenvalue weighted by molar-refractivity contribution is 5.70. The fraction of sp³-hybridized carbons (Fsp3) is 0.902. The van der Waals surface area contributed by atoms with Crippen molar-refractivity contribution >= 4 is 11.9 Å². The zero-order chi connectivity index (χ0) is 62.6. The van der Waals surface area contributed by atoms with Crippen molar-refractivity contribution < 1.29 is 24.2 Å². The van der Waals surface area contributed by atoms with E-state index >= 15 is 0 Å². The van der Waals surface area contributed by atoms with Crippen LogP contribution in [-0.2, 0) is 19.1 Å². The van der Waals surface area contributed by atoms with Gasteiger partial charge in [0.25, 0.3) is 0 Å². The summed E-state index contributed by atoms with van der Waals surface area (Å²) in [6.07, 6.45) is 105. The molecule has 0 saturated carbocycles. The number of esters is 2. The van der Waals surface area contributed by atoms with Crippen LogP contribution in [0.5, 0.6) is 0 Å². The first-order valence-corrected chi connectivity index (χ1v) is 40.0. The van der Waals surface area contributed by atoms with Crippen molar-refractivity contribution in [2.75, 3.05) is 13.2 Å². The molecule has 1 atom stereocenters. The van der Waals surface area contributed by atoms with E-state index in [9.17, 15) is 14.7 Å². The SMILES string of the molecule is CCCCCCC/C=C\C/C=C\C/C=C\CCCCCCCCCCCCCCCCCCCCC(=O)OC(CO)COC(=O)CCCCCCCCCCCCCCCCCCCCCCCCCCCCCCCCCCCCCCCCCC. The summed E-state index contributed by atoms with van der Waals surface area (Å²) in [6, 6.07) is 0. The van der Waals surface area contributed by atoms with Crippen molar-refractivity contribution in [3.63, 3.8) is 0 Å². The fourth-order valence-corrected chi connectivity index (χ4v) is 12.7. The molecule has 0 saturated heterocycles. The van der Waals surface area contributed by atoms with E-state index in [1.807, 2.05) is 0 Å². The van der Waals surface area contributed by atoms with E-state index in [-0.39, 0.29) is 25.2 Å². The van der Waals surface area contributed by atoms with Gasteiger partial charge >= 0.3 is 11.9 Å². The van der Waals surface area contributed by atoms with Gasteiger partial charge in [-0.25, -0.2) is 0 Å². The van der Waals surface area contributed by atoms with Crippen LogP contribution in [0.1, 0.15) is 457 Å². The molecule has 0 aliphatic heterocycles. The summed E-state index contributed by atoms with van der Waals surface area (Å²) in [7, 11) is 0. The molecule has 0 aromatic heterocycles. The predicted octanol–water partition coefficient (Wildman–Crippen LogP) is 28.1. The largest absolute Gasteiger partial charge is 0.462 e. The van der Waals surface area contributed by atoms with Gasteiger partial charge < -0.3 is 14.6 Å². The number of aliphatic hydroxyl groups is 1. The van der Waals surface area contributed by atoms with Gasteiger partial charge in [-0.1, -0.05) is 429 Å². The average molecular weight is 1220 g/mol. The monoisotopic (exact) mass is 1220 g/mol. The first-order chi connectivity index (χ1) is 43.1. The summed E-state index contributed by atoms with van der Waals surface area (Å²) >= 11 is 0. The number of aliphatic hydroxyl groups excluding tert-OH is 1. The van der Waals surface area contributed by atoms with Gasteiger partial charge in [0.15, 0.2) is 6.10 Å². The molecule has 0 aliphatic rings. The molecule has 0 fully saturated rings. The van der Waals surface area contributed by atoms with Crippen molar-refractivity contribution in [2.24, 2.45) is 0 Å². The second-order valence-corrected chi connectivity index (χ2v) is 27.5. The van der Waals surface area contributed by atoms with Gasteiger partial charge in [0.05, 0.1) is 6.61 Å². The lowest BCUT2D eigenvalue weighted by Gasteiger charge is -2.15. The van der Waals surface area contributed by atoms with E-state index in [0.29, 0.717) is 12.8 Å². The molecule has 0 radical (unpaired) electrons. The van der Waals surface area contributed by atoms with Crippen LogP contribution in [-0.4, -0.2) is 36.4 Å². The zero-order valence-electron chi connectivity index (χ0n) is 59.3. The molecular formula is C82H156O5. The van der Waals surface area contributed by atoms with Crippen LogP contribution in [0, 0.1) is 0 Å². The van der Waals surface area contributed by atoms with E-state index in [1.54, 1.807) is 0 Å². The topological polar surface area (TPSA) is 72.8 Å². The second kappa shape index (κ2) is 78.4. The normalized spacial score (nSPS) is 12.3.